The predicted octanol–water partition coefficient (Wildman–Crippen LogP) is 2.76. The van der Waals surface area contributed by atoms with Gasteiger partial charge in [0.1, 0.15) is 0 Å². The predicted molar refractivity (Wildman–Crippen MR) is 82.3 cm³/mol. The second kappa shape index (κ2) is 5.37. The molecule has 1 fully saturated rings. The first-order valence-electron chi connectivity index (χ1n) is 7.15. The van der Waals surface area contributed by atoms with Gasteiger partial charge in [0, 0.05) is 18.3 Å². The van der Waals surface area contributed by atoms with E-state index in [9.17, 15) is 8.42 Å². The van der Waals surface area contributed by atoms with Gasteiger partial charge in [-0.25, -0.2) is 8.42 Å². The van der Waals surface area contributed by atoms with E-state index in [0.717, 1.165) is 30.4 Å². The first-order valence-corrected chi connectivity index (χ1v) is 8.59. The van der Waals surface area contributed by atoms with Crippen LogP contribution in [0, 0.1) is 20.8 Å². The fourth-order valence-electron chi connectivity index (χ4n) is 2.97. The van der Waals surface area contributed by atoms with Gasteiger partial charge in [0.05, 0.1) is 4.90 Å². The number of aryl methyl sites for hydroxylation is 1. The fraction of sp³-hybridized carbons (Fsp3) is 0.600. The number of nitrogens with zero attached hydrogens (tertiary/aromatic N) is 1. The summed E-state index contributed by atoms with van der Waals surface area (Å²) in [6, 6.07) is 1.91. The number of piperidine rings is 1. The summed E-state index contributed by atoms with van der Waals surface area (Å²) < 4.78 is 27.7. The molecule has 1 aromatic rings. The van der Waals surface area contributed by atoms with Gasteiger partial charge in [0.2, 0.25) is 10.0 Å². The van der Waals surface area contributed by atoms with Crippen LogP contribution >= 0.6 is 0 Å². The Kier molecular flexibility index (Phi) is 4.12. The van der Waals surface area contributed by atoms with Gasteiger partial charge >= 0.3 is 0 Å². The topological polar surface area (TPSA) is 63.4 Å². The highest BCUT2D eigenvalue weighted by atomic mass is 32.2. The van der Waals surface area contributed by atoms with Crippen LogP contribution in [0.1, 0.15) is 42.9 Å². The summed E-state index contributed by atoms with van der Waals surface area (Å²) in [5, 5.41) is 0. The number of benzene rings is 1. The minimum absolute atomic E-state index is 0.0642. The summed E-state index contributed by atoms with van der Waals surface area (Å²) in [6.45, 7) is 8.16. The summed E-state index contributed by atoms with van der Waals surface area (Å²) in [5.41, 5.74) is 8.93. The summed E-state index contributed by atoms with van der Waals surface area (Å²) >= 11 is 0. The standard InChI is InChI=1S/C15H24N2O2S/c1-10-9-14(16)13(4)15(12(10)3)20(18,19)17-8-6-5-7-11(17)2/h9,11H,5-8,16H2,1-4H3. The molecule has 1 saturated heterocycles. The Hall–Kier alpha value is -1.07. The number of nitrogens with two attached hydrogens (primary N) is 1. The molecule has 1 aromatic carbocycles. The van der Waals surface area contributed by atoms with Gasteiger partial charge in [-0.05, 0) is 63.3 Å². The van der Waals surface area contributed by atoms with Gasteiger partial charge in [0.15, 0.2) is 0 Å². The maximum Gasteiger partial charge on any atom is 0.243 e. The Balaban J connectivity index is 2.60. The minimum atomic E-state index is -3.46. The smallest absolute Gasteiger partial charge is 0.243 e. The van der Waals surface area contributed by atoms with Crippen LogP contribution in [0.5, 0.6) is 0 Å². The molecular weight excluding hydrogens is 272 g/mol. The van der Waals surface area contributed by atoms with Gasteiger partial charge in [-0.1, -0.05) is 6.42 Å². The second-order valence-electron chi connectivity index (χ2n) is 5.82. The molecule has 2 rings (SSSR count). The molecule has 5 heteroatoms. The van der Waals surface area contributed by atoms with E-state index in [1.807, 2.05) is 26.8 Å². The summed E-state index contributed by atoms with van der Waals surface area (Å²) in [6.07, 6.45) is 2.96. The van der Waals surface area contributed by atoms with Crippen molar-refractivity contribution in [3.8, 4) is 0 Å². The normalized spacial score (nSPS) is 21.1. The van der Waals surface area contributed by atoms with Crippen LogP contribution in [0.15, 0.2) is 11.0 Å². The van der Waals surface area contributed by atoms with Crippen molar-refractivity contribution in [3.05, 3.63) is 22.8 Å². The van der Waals surface area contributed by atoms with Crippen LogP contribution in [-0.4, -0.2) is 25.3 Å². The number of nitrogen functional groups attached to an aromatic ring is 1. The largest absolute Gasteiger partial charge is 0.398 e. The monoisotopic (exact) mass is 296 g/mol. The van der Waals surface area contributed by atoms with E-state index in [0.29, 0.717) is 22.7 Å². The Morgan fingerprint density at radius 3 is 2.45 bits per heavy atom. The van der Waals surface area contributed by atoms with E-state index in [1.54, 1.807) is 11.2 Å². The van der Waals surface area contributed by atoms with Crippen molar-refractivity contribution >= 4 is 15.7 Å². The Labute approximate surface area is 122 Å². The molecule has 1 atom stereocenters. The number of hydrogen-bond donors (Lipinski definition) is 1. The fourth-order valence-corrected chi connectivity index (χ4v) is 5.21. The van der Waals surface area contributed by atoms with Crippen LogP contribution in [-0.2, 0) is 10.0 Å². The number of hydrogen-bond acceptors (Lipinski definition) is 3. The minimum Gasteiger partial charge on any atom is -0.398 e. The molecule has 0 aromatic heterocycles. The average Bonchev–Trinajstić information content (AvgIpc) is 2.36. The molecule has 1 unspecified atom stereocenters. The maximum atomic E-state index is 13.0. The van der Waals surface area contributed by atoms with Crippen LogP contribution in [0.2, 0.25) is 0 Å². The summed E-state index contributed by atoms with van der Waals surface area (Å²) in [5.74, 6) is 0. The molecule has 0 spiro atoms. The highest BCUT2D eigenvalue weighted by molar-refractivity contribution is 7.89. The molecule has 0 aliphatic carbocycles. The Morgan fingerprint density at radius 1 is 1.20 bits per heavy atom. The van der Waals surface area contributed by atoms with E-state index in [1.165, 1.54) is 0 Å². The molecule has 20 heavy (non-hydrogen) atoms. The Morgan fingerprint density at radius 2 is 1.85 bits per heavy atom. The molecule has 0 bridgehead atoms. The lowest BCUT2D eigenvalue weighted by Gasteiger charge is -2.33. The molecule has 1 aliphatic heterocycles. The third-order valence-electron chi connectivity index (χ3n) is 4.39. The van der Waals surface area contributed by atoms with E-state index in [4.69, 9.17) is 5.73 Å². The summed E-state index contributed by atoms with van der Waals surface area (Å²) in [7, 11) is -3.46. The zero-order valence-corrected chi connectivity index (χ0v) is 13.5. The number of rotatable bonds is 2. The molecule has 0 radical (unpaired) electrons. The molecule has 0 saturated carbocycles. The quantitative estimate of drug-likeness (QED) is 0.854. The highest BCUT2D eigenvalue weighted by Gasteiger charge is 2.33. The average molecular weight is 296 g/mol. The maximum absolute atomic E-state index is 13.0. The van der Waals surface area contributed by atoms with Crippen LogP contribution in [0.4, 0.5) is 5.69 Å². The zero-order chi connectivity index (χ0) is 15.1. The van der Waals surface area contributed by atoms with E-state index in [-0.39, 0.29) is 6.04 Å². The van der Waals surface area contributed by atoms with Gasteiger partial charge in [-0.3, -0.25) is 0 Å². The lowest BCUT2D eigenvalue weighted by molar-refractivity contribution is 0.268. The van der Waals surface area contributed by atoms with Crippen LogP contribution < -0.4 is 5.73 Å². The van der Waals surface area contributed by atoms with Crippen molar-refractivity contribution in [1.29, 1.82) is 0 Å². The molecule has 1 aliphatic rings. The van der Waals surface area contributed by atoms with Gasteiger partial charge in [-0.15, -0.1) is 0 Å². The number of sulfonamides is 1. The molecule has 1 heterocycles. The zero-order valence-electron chi connectivity index (χ0n) is 12.7. The first-order chi connectivity index (χ1) is 9.26. The van der Waals surface area contributed by atoms with Gasteiger partial charge in [-0.2, -0.15) is 4.31 Å². The van der Waals surface area contributed by atoms with Crippen molar-refractivity contribution in [3.63, 3.8) is 0 Å². The highest BCUT2D eigenvalue weighted by Crippen LogP contribution is 2.33. The van der Waals surface area contributed by atoms with E-state index >= 15 is 0 Å². The van der Waals surface area contributed by atoms with Crippen molar-refractivity contribution in [1.82, 2.24) is 4.31 Å². The molecular formula is C15H24N2O2S. The first kappa shape index (κ1) is 15.3. The molecule has 2 N–H and O–H groups in total. The van der Waals surface area contributed by atoms with Crippen LogP contribution in [0.3, 0.4) is 0 Å². The molecule has 112 valence electrons. The molecule has 4 nitrogen and oxygen atoms in total. The van der Waals surface area contributed by atoms with E-state index in [2.05, 4.69) is 0 Å². The SMILES string of the molecule is Cc1cc(N)c(C)c(S(=O)(=O)N2CCCCC2C)c1C. The van der Waals surface area contributed by atoms with E-state index < -0.39 is 10.0 Å². The van der Waals surface area contributed by atoms with Crippen molar-refractivity contribution in [2.75, 3.05) is 12.3 Å². The van der Waals surface area contributed by atoms with Crippen molar-refractivity contribution < 1.29 is 8.42 Å². The lowest BCUT2D eigenvalue weighted by Crippen LogP contribution is -2.42. The number of anilines is 1. The molecule has 0 amide bonds. The van der Waals surface area contributed by atoms with Gasteiger partial charge in [0.25, 0.3) is 0 Å². The third kappa shape index (κ3) is 2.44. The van der Waals surface area contributed by atoms with Crippen molar-refractivity contribution in [2.45, 2.75) is 57.9 Å². The Bertz CT molecular complexity index is 597. The third-order valence-corrected chi connectivity index (χ3v) is 6.67. The second-order valence-corrected chi connectivity index (χ2v) is 7.65. The summed E-state index contributed by atoms with van der Waals surface area (Å²) in [4.78, 5) is 0.406. The van der Waals surface area contributed by atoms with Gasteiger partial charge < -0.3 is 5.73 Å². The lowest BCUT2D eigenvalue weighted by atomic mass is 10.1. The van der Waals surface area contributed by atoms with Crippen molar-refractivity contribution in [2.24, 2.45) is 0 Å². The van der Waals surface area contributed by atoms with Crippen LogP contribution in [0.25, 0.3) is 0 Å².